The average molecular weight is 301 g/mol. The Morgan fingerprint density at radius 2 is 1.43 bits per heavy atom. The molecule has 3 aromatic rings. The highest BCUT2D eigenvalue weighted by atomic mass is 16.5. The fourth-order valence-electron chi connectivity index (χ4n) is 3.08. The summed E-state index contributed by atoms with van der Waals surface area (Å²) in [7, 11) is 0. The Morgan fingerprint density at radius 1 is 0.739 bits per heavy atom. The van der Waals surface area contributed by atoms with Gasteiger partial charge >= 0.3 is 0 Å². The number of hydrogen-bond acceptors (Lipinski definition) is 2. The Kier molecular flexibility index (Phi) is 3.73. The minimum absolute atomic E-state index is 0.631. The van der Waals surface area contributed by atoms with Crippen LogP contribution in [0.1, 0.15) is 16.7 Å². The number of hydrogen-bond donors (Lipinski definition) is 0. The van der Waals surface area contributed by atoms with E-state index in [1.54, 1.807) is 0 Å². The fourth-order valence-corrected chi connectivity index (χ4v) is 3.08. The largest absolute Gasteiger partial charge is 0.487 e. The van der Waals surface area contributed by atoms with Gasteiger partial charge in [-0.15, -0.1) is 0 Å². The first kappa shape index (κ1) is 13.9. The number of anilines is 1. The summed E-state index contributed by atoms with van der Waals surface area (Å²) in [6, 6.07) is 27.4. The van der Waals surface area contributed by atoms with Crippen molar-refractivity contribution in [3.8, 4) is 5.75 Å². The Morgan fingerprint density at radius 3 is 2.30 bits per heavy atom. The number of nitrogens with zero attached hydrogens (tertiary/aromatic N) is 1. The zero-order chi connectivity index (χ0) is 15.5. The van der Waals surface area contributed by atoms with Crippen LogP contribution in [0, 0.1) is 0 Å². The summed E-state index contributed by atoms with van der Waals surface area (Å²) in [4.78, 5) is 2.39. The molecule has 0 saturated heterocycles. The van der Waals surface area contributed by atoms with Crippen molar-refractivity contribution in [3.63, 3.8) is 0 Å². The third kappa shape index (κ3) is 2.93. The van der Waals surface area contributed by atoms with Gasteiger partial charge in [0.25, 0.3) is 0 Å². The van der Waals surface area contributed by atoms with Crippen molar-refractivity contribution in [1.82, 2.24) is 0 Å². The Labute approximate surface area is 137 Å². The van der Waals surface area contributed by atoms with Crippen molar-refractivity contribution in [1.29, 1.82) is 0 Å². The molecule has 0 saturated carbocycles. The maximum absolute atomic E-state index is 6.08. The number of rotatable bonds is 2. The summed E-state index contributed by atoms with van der Waals surface area (Å²) in [5, 5.41) is 0. The van der Waals surface area contributed by atoms with Crippen molar-refractivity contribution >= 4 is 5.69 Å². The highest BCUT2D eigenvalue weighted by molar-refractivity contribution is 5.59. The van der Waals surface area contributed by atoms with Gasteiger partial charge in [-0.25, -0.2) is 0 Å². The maximum Gasteiger partial charge on any atom is 0.143 e. The van der Waals surface area contributed by atoms with Gasteiger partial charge in [0.1, 0.15) is 12.4 Å². The SMILES string of the molecule is c1ccc(CN2Cc3ccccc3COc3ccccc32)cc1. The normalized spacial score (nSPS) is 13.3. The Balaban J connectivity index is 1.74. The number of benzene rings is 3. The second-order valence-corrected chi connectivity index (χ2v) is 5.87. The minimum Gasteiger partial charge on any atom is -0.487 e. The van der Waals surface area contributed by atoms with E-state index >= 15 is 0 Å². The van der Waals surface area contributed by atoms with Crippen LogP contribution < -0.4 is 9.64 Å². The summed E-state index contributed by atoms with van der Waals surface area (Å²) in [5.41, 5.74) is 5.06. The van der Waals surface area contributed by atoms with E-state index in [0.717, 1.165) is 24.5 Å². The zero-order valence-corrected chi connectivity index (χ0v) is 13.0. The van der Waals surface area contributed by atoms with Crippen molar-refractivity contribution < 1.29 is 4.74 Å². The summed E-state index contributed by atoms with van der Waals surface area (Å²) in [5.74, 6) is 0.956. The first-order chi connectivity index (χ1) is 11.4. The summed E-state index contributed by atoms with van der Waals surface area (Å²) >= 11 is 0. The van der Waals surface area contributed by atoms with Gasteiger partial charge in [-0.3, -0.25) is 0 Å². The van der Waals surface area contributed by atoms with Crippen LogP contribution in [0.2, 0.25) is 0 Å². The Hall–Kier alpha value is -2.74. The average Bonchev–Trinajstić information content (AvgIpc) is 2.60. The molecule has 1 heterocycles. The van der Waals surface area contributed by atoms with Crippen molar-refractivity contribution in [2.75, 3.05) is 4.90 Å². The topological polar surface area (TPSA) is 12.5 Å². The molecule has 0 fully saturated rings. The molecule has 3 aromatic carbocycles. The smallest absolute Gasteiger partial charge is 0.143 e. The van der Waals surface area contributed by atoms with Gasteiger partial charge in [-0.05, 0) is 28.8 Å². The van der Waals surface area contributed by atoms with Crippen LogP contribution in [0.25, 0.3) is 0 Å². The predicted molar refractivity (Wildman–Crippen MR) is 93.5 cm³/mol. The lowest BCUT2D eigenvalue weighted by molar-refractivity contribution is 0.302. The molecule has 0 aliphatic carbocycles. The molecule has 0 spiro atoms. The third-order valence-electron chi connectivity index (χ3n) is 4.28. The highest BCUT2D eigenvalue weighted by Gasteiger charge is 2.18. The van der Waals surface area contributed by atoms with Gasteiger partial charge in [-0.1, -0.05) is 66.7 Å². The summed E-state index contributed by atoms with van der Waals surface area (Å²) in [6.07, 6.45) is 0. The quantitative estimate of drug-likeness (QED) is 0.675. The minimum atomic E-state index is 0.631. The molecule has 0 N–H and O–H groups in total. The van der Waals surface area contributed by atoms with Gasteiger partial charge in [0.2, 0.25) is 0 Å². The van der Waals surface area contributed by atoms with E-state index in [4.69, 9.17) is 4.74 Å². The molecule has 0 amide bonds. The van der Waals surface area contributed by atoms with E-state index in [-0.39, 0.29) is 0 Å². The van der Waals surface area contributed by atoms with E-state index in [1.165, 1.54) is 16.7 Å². The summed E-state index contributed by atoms with van der Waals surface area (Å²) < 4.78 is 6.08. The number of fused-ring (bicyclic) bond motifs is 2. The summed E-state index contributed by atoms with van der Waals surface area (Å²) in [6.45, 7) is 2.40. The molecule has 0 radical (unpaired) electrons. The van der Waals surface area contributed by atoms with Crippen LogP contribution in [0.15, 0.2) is 78.9 Å². The highest BCUT2D eigenvalue weighted by Crippen LogP contribution is 2.33. The molecule has 2 heteroatoms. The monoisotopic (exact) mass is 301 g/mol. The van der Waals surface area contributed by atoms with Crippen LogP contribution in [0.5, 0.6) is 5.75 Å². The van der Waals surface area contributed by atoms with Crippen LogP contribution in [-0.2, 0) is 19.7 Å². The first-order valence-electron chi connectivity index (χ1n) is 7.97. The predicted octanol–water partition coefficient (Wildman–Crippen LogP) is 4.79. The van der Waals surface area contributed by atoms with Crippen molar-refractivity contribution in [3.05, 3.63) is 95.6 Å². The van der Waals surface area contributed by atoms with E-state index < -0.39 is 0 Å². The van der Waals surface area contributed by atoms with Gasteiger partial charge in [0.05, 0.1) is 5.69 Å². The second kappa shape index (κ2) is 6.17. The molecule has 1 aliphatic heterocycles. The lowest BCUT2D eigenvalue weighted by Crippen LogP contribution is -2.25. The van der Waals surface area contributed by atoms with Crippen LogP contribution in [0.3, 0.4) is 0 Å². The van der Waals surface area contributed by atoms with Gasteiger partial charge in [-0.2, -0.15) is 0 Å². The zero-order valence-electron chi connectivity index (χ0n) is 13.0. The van der Waals surface area contributed by atoms with Crippen LogP contribution in [0.4, 0.5) is 5.69 Å². The van der Waals surface area contributed by atoms with Gasteiger partial charge in [0, 0.05) is 13.1 Å². The lowest BCUT2D eigenvalue weighted by atomic mass is 10.1. The molecule has 4 rings (SSSR count). The molecule has 23 heavy (non-hydrogen) atoms. The lowest BCUT2D eigenvalue weighted by Gasteiger charge is -2.30. The van der Waals surface area contributed by atoms with E-state index in [2.05, 4.69) is 77.7 Å². The molecule has 0 unspecified atom stereocenters. The van der Waals surface area contributed by atoms with Crippen molar-refractivity contribution in [2.45, 2.75) is 19.7 Å². The fraction of sp³-hybridized carbons (Fsp3) is 0.143. The van der Waals surface area contributed by atoms with Crippen LogP contribution in [-0.4, -0.2) is 0 Å². The van der Waals surface area contributed by atoms with Gasteiger partial charge in [0.15, 0.2) is 0 Å². The third-order valence-corrected chi connectivity index (χ3v) is 4.28. The van der Waals surface area contributed by atoms with Gasteiger partial charge < -0.3 is 9.64 Å². The molecule has 0 bridgehead atoms. The maximum atomic E-state index is 6.08. The molecular weight excluding hydrogens is 282 g/mol. The molecule has 1 aliphatic rings. The molecule has 2 nitrogen and oxygen atoms in total. The van der Waals surface area contributed by atoms with E-state index in [9.17, 15) is 0 Å². The second-order valence-electron chi connectivity index (χ2n) is 5.87. The molecule has 0 atom stereocenters. The first-order valence-corrected chi connectivity index (χ1v) is 7.97. The number of ether oxygens (including phenoxy) is 1. The molecular formula is C21H19NO. The van der Waals surface area contributed by atoms with E-state index in [1.807, 2.05) is 6.07 Å². The molecule has 0 aromatic heterocycles. The molecule has 114 valence electrons. The number of para-hydroxylation sites is 2. The van der Waals surface area contributed by atoms with Crippen molar-refractivity contribution in [2.24, 2.45) is 0 Å². The van der Waals surface area contributed by atoms with Crippen LogP contribution >= 0.6 is 0 Å². The Bertz CT molecular complexity index is 798. The standard InChI is InChI=1S/C21H19NO/c1-2-8-17(9-3-1)14-22-15-18-10-4-5-11-19(18)16-23-21-13-7-6-12-20(21)22/h1-13H,14-16H2. The van der Waals surface area contributed by atoms with E-state index in [0.29, 0.717) is 6.61 Å².